The Labute approximate surface area is 198 Å². The second kappa shape index (κ2) is 8.36. The zero-order valence-electron chi connectivity index (χ0n) is 23.6. The van der Waals surface area contributed by atoms with E-state index in [1.54, 1.807) is 7.11 Å². The van der Waals surface area contributed by atoms with Gasteiger partial charge in [0.15, 0.2) is 5.78 Å². The lowest BCUT2D eigenvalue weighted by atomic mass is 9.71. The van der Waals surface area contributed by atoms with Crippen molar-refractivity contribution in [3.63, 3.8) is 0 Å². The van der Waals surface area contributed by atoms with Crippen molar-refractivity contribution in [2.75, 3.05) is 7.11 Å². The SMILES string of the molecule is [2H]C(=C1C=C(C(C)(C)C)C(=O)C(C(C)(C)C)=C1)c1cc(C(C)(C)C)c(OC)c(C(C)(C)C)c1. The summed E-state index contributed by atoms with van der Waals surface area (Å²) in [5.74, 6) is 0.985. The predicted octanol–water partition coefficient (Wildman–Crippen LogP) is 8.20. The van der Waals surface area contributed by atoms with Gasteiger partial charge in [0.1, 0.15) is 5.75 Å². The Morgan fingerprint density at radius 3 is 1.38 bits per heavy atom. The fraction of sp³-hybridized carbons (Fsp3) is 0.567. The molecule has 0 amide bonds. The number of ether oxygens (including phenoxy) is 1. The first-order valence-electron chi connectivity index (χ1n) is 12.1. The zero-order valence-corrected chi connectivity index (χ0v) is 22.6. The van der Waals surface area contributed by atoms with Crippen LogP contribution in [0.15, 0.2) is 41.0 Å². The molecule has 0 fully saturated rings. The molecule has 0 aromatic heterocycles. The average Bonchev–Trinajstić information content (AvgIpc) is 2.63. The summed E-state index contributed by atoms with van der Waals surface area (Å²) in [6.07, 6.45) is 3.86. The molecule has 2 nitrogen and oxygen atoms in total. The topological polar surface area (TPSA) is 26.3 Å². The Morgan fingerprint density at radius 2 is 1.09 bits per heavy atom. The minimum atomic E-state index is -0.305. The van der Waals surface area contributed by atoms with Crippen molar-refractivity contribution in [1.29, 1.82) is 0 Å². The molecule has 1 aromatic rings. The predicted molar refractivity (Wildman–Crippen MR) is 138 cm³/mol. The van der Waals surface area contributed by atoms with E-state index >= 15 is 0 Å². The zero-order chi connectivity index (χ0) is 25.7. The van der Waals surface area contributed by atoms with Gasteiger partial charge in [-0.3, -0.25) is 4.79 Å². The number of carbonyl (C=O) groups excluding carboxylic acids is 1. The lowest BCUT2D eigenvalue weighted by molar-refractivity contribution is -0.114. The third-order valence-electron chi connectivity index (χ3n) is 5.90. The molecule has 0 atom stereocenters. The third-order valence-corrected chi connectivity index (χ3v) is 5.90. The third kappa shape index (κ3) is 5.63. The lowest BCUT2D eigenvalue weighted by Crippen LogP contribution is -2.27. The first kappa shape index (κ1) is 24.6. The van der Waals surface area contributed by atoms with Gasteiger partial charge in [0.05, 0.1) is 8.48 Å². The maximum Gasteiger partial charge on any atom is 0.186 e. The molecule has 0 N–H and O–H groups in total. The van der Waals surface area contributed by atoms with Crippen LogP contribution in [0, 0.1) is 10.8 Å². The summed E-state index contributed by atoms with van der Waals surface area (Å²) in [5.41, 5.74) is 4.43. The molecular weight excluding hydrogens is 392 g/mol. The van der Waals surface area contributed by atoms with Crippen molar-refractivity contribution >= 4 is 11.8 Å². The molecule has 32 heavy (non-hydrogen) atoms. The number of rotatable bonds is 2. The van der Waals surface area contributed by atoms with E-state index in [4.69, 9.17) is 4.74 Å². The summed E-state index contributed by atoms with van der Waals surface area (Å²) < 4.78 is 15.1. The Balaban J connectivity index is 2.95. The van der Waals surface area contributed by atoms with Crippen molar-refractivity contribution in [3.8, 4) is 5.75 Å². The highest BCUT2D eigenvalue weighted by molar-refractivity contribution is 6.12. The van der Waals surface area contributed by atoms with Crippen molar-refractivity contribution in [2.45, 2.75) is 93.9 Å². The van der Waals surface area contributed by atoms with E-state index < -0.39 is 0 Å². The number of ketones is 1. The van der Waals surface area contributed by atoms with Crippen LogP contribution >= 0.6 is 0 Å². The van der Waals surface area contributed by atoms with Gasteiger partial charge in [-0.15, -0.1) is 0 Å². The van der Waals surface area contributed by atoms with Gasteiger partial charge in [-0.25, -0.2) is 0 Å². The van der Waals surface area contributed by atoms with E-state index in [-0.39, 0.29) is 27.4 Å². The van der Waals surface area contributed by atoms with Crippen molar-refractivity contribution in [2.24, 2.45) is 10.8 Å². The second-order valence-corrected chi connectivity index (χ2v) is 13.1. The monoisotopic (exact) mass is 437 g/mol. The normalized spacial score (nSPS) is 16.5. The summed E-state index contributed by atoms with van der Waals surface area (Å²) in [5, 5.41) is 0. The summed E-state index contributed by atoms with van der Waals surface area (Å²) in [6.45, 7) is 25.4. The molecule has 1 aliphatic rings. The van der Waals surface area contributed by atoms with Crippen LogP contribution in [-0.2, 0) is 15.6 Å². The molecular formula is C30H44O2. The maximum absolute atomic E-state index is 13.3. The number of carbonyl (C=O) groups is 1. The molecule has 1 aliphatic carbocycles. The van der Waals surface area contributed by atoms with Crippen LogP contribution < -0.4 is 4.74 Å². The molecule has 0 aliphatic heterocycles. The number of methoxy groups -OCH3 is 1. The highest BCUT2D eigenvalue weighted by atomic mass is 16.5. The fourth-order valence-electron chi connectivity index (χ4n) is 4.02. The van der Waals surface area contributed by atoms with E-state index in [1.807, 2.05) is 12.2 Å². The highest BCUT2D eigenvalue weighted by Crippen LogP contribution is 2.42. The molecule has 0 bridgehead atoms. The second-order valence-electron chi connectivity index (χ2n) is 13.1. The van der Waals surface area contributed by atoms with Gasteiger partial charge in [0.2, 0.25) is 0 Å². The van der Waals surface area contributed by atoms with Crippen LogP contribution in [-0.4, -0.2) is 12.9 Å². The number of hydrogen-bond donors (Lipinski definition) is 0. The van der Waals surface area contributed by atoms with Crippen LogP contribution in [0.5, 0.6) is 5.75 Å². The summed E-state index contributed by atoms with van der Waals surface area (Å²) in [4.78, 5) is 13.3. The van der Waals surface area contributed by atoms with Gasteiger partial charge in [-0.1, -0.05) is 83.1 Å². The number of benzene rings is 1. The van der Waals surface area contributed by atoms with E-state index in [2.05, 4.69) is 95.2 Å². The van der Waals surface area contributed by atoms with Gasteiger partial charge in [0.25, 0.3) is 0 Å². The lowest BCUT2D eigenvalue weighted by Gasteiger charge is -2.31. The molecule has 1 aromatic carbocycles. The van der Waals surface area contributed by atoms with Gasteiger partial charge in [0, 0.05) is 22.3 Å². The summed E-state index contributed by atoms with van der Waals surface area (Å²) >= 11 is 0. The van der Waals surface area contributed by atoms with Crippen LogP contribution in [0.25, 0.3) is 6.05 Å². The van der Waals surface area contributed by atoms with Crippen molar-refractivity contribution < 1.29 is 10.9 Å². The van der Waals surface area contributed by atoms with E-state index in [0.29, 0.717) is 6.05 Å². The average molecular weight is 438 g/mol. The maximum atomic E-state index is 13.3. The molecule has 0 spiro atoms. The minimum absolute atomic E-state index is 0.0899. The molecule has 2 rings (SSSR count). The first-order valence-corrected chi connectivity index (χ1v) is 11.6. The van der Waals surface area contributed by atoms with Crippen molar-refractivity contribution in [1.82, 2.24) is 0 Å². The van der Waals surface area contributed by atoms with Gasteiger partial charge >= 0.3 is 0 Å². The quantitative estimate of drug-likeness (QED) is 0.466. The first-order chi connectivity index (χ1) is 14.7. The van der Waals surface area contributed by atoms with Crippen molar-refractivity contribution in [3.05, 3.63) is 57.7 Å². The number of hydrogen-bond acceptors (Lipinski definition) is 2. The minimum Gasteiger partial charge on any atom is -0.496 e. The number of Topliss-reactive ketones (excluding diaryl/α,β-unsaturated/α-hetero) is 1. The van der Waals surface area contributed by atoms with E-state index in [1.165, 1.54) is 0 Å². The van der Waals surface area contributed by atoms with Gasteiger partial charge in [-0.05, 0) is 63.1 Å². The van der Waals surface area contributed by atoms with Crippen LogP contribution in [0.1, 0.15) is 101 Å². The molecule has 0 heterocycles. The molecule has 0 radical (unpaired) electrons. The Bertz CT molecular complexity index is 966. The van der Waals surface area contributed by atoms with E-state index in [0.717, 1.165) is 39.2 Å². The van der Waals surface area contributed by atoms with E-state index in [9.17, 15) is 6.17 Å². The highest BCUT2D eigenvalue weighted by Gasteiger charge is 2.34. The fourth-order valence-corrected chi connectivity index (χ4v) is 4.02. The van der Waals surface area contributed by atoms with Gasteiger partial charge < -0.3 is 4.74 Å². The largest absolute Gasteiger partial charge is 0.496 e. The standard InChI is InChI=1S/C30H44O2/c1-27(2,3)21-15-19(16-22(25(21)31)28(4,5)6)14-20-17-23(29(7,8)9)26(32-13)24(18-20)30(10,11)12/h14-18H,1-13H3/i14D. The number of allylic oxidation sites excluding steroid dienone is 5. The summed E-state index contributed by atoms with van der Waals surface area (Å²) in [6, 6.07) is 4.62. The smallest absolute Gasteiger partial charge is 0.186 e. The van der Waals surface area contributed by atoms with Crippen LogP contribution in [0.3, 0.4) is 0 Å². The molecule has 176 valence electrons. The van der Waals surface area contributed by atoms with Crippen LogP contribution in [0.4, 0.5) is 0 Å². The van der Waals surface area contributed by atoms with Gasteiger partial charge in [-0.2, -0.15) is 0 Å². The summed E-state index contributed by atoms with van der Waals surface area (Å²) in [7, 11) is 1.73. The molecule has 0 saturated carbocycles. The Morgan fingerprint density at radius 1 is 0.719 bits per heavy atom. The molecule has 0 unspecified atom stereocenters. The van der Waals surface area contributed by atoms with Crippen LogP contribution in [0.2, 0.25) is 0 Å². The Kier molecular flexibility index (Phi) is 6.41. The molecule has 0 saturated heterocycles. The Hall–Kier alpha value is -2.09. The molecule has 2 heteroatoms.